The minimum Gasteiger partial charge on any atom is -0.368 e. The van der Waals surface area contributed by atoms with Crippen LogP contribution in [-0.4, -0.2) is 26.4 Å². The molecular weight excluding hydrogens is 246 g/mol. The van der Waals surface area contributed by atoms with Crippen LogP contribution in [0.2, 0.25) is 0 Å². The Morgan fingerprint density at radius 1 is 1.44 bits per heavy atom. The van der Waals surface area contributed by atoms with E-state index in [-0.39, 0.29) is 0 Å². The number of hydrogen-bond acceptors (Lipinski definition) is 6. The number of aromatic nitrogens is 3. The van der Waals surface area contributed by atoms with Gasteiger partial charge in [0.1, 0.15) is 5.01 Å². The van der Waals surface area contributed by atoms with Gasteiger partial charge in [0.2, 0.25) is 5.95 Å². The van der Waals surface area contributed by atoms with Gasteiger partial charge in [-0.05, 0) is 6.92 Å². The van der Waals surface area contributed by atoms with Crippen LogP contribution in [0.3, 0.4) is 0 Å². The van der Waals surface area contributed by atoms with Crippen LogP contribution in [0, 0.1) is 6.92 Å². The molecule has 5 nitrogen and oxygen atoms in total. The highest BCUT2D eigenvalue weighted by molar-refractivity contribution is 7.09. The van der Waals surface area contributed by atoms with Crippen molar-refractivity contribution in [2.24, 2.45) is 0 Å². The van der Waals surface area contributed by atoms with Gasteiger partial charge < -0.3 is 5.73 Å². The average Bonchev–Trinajstić information content (AvgIpc) is 2.75. The Bertz CT molecular complexity index is 565. The molecule has 0 saturated heterocycles. The van der Waals surface area contributed by atoms with E-state index in [9.17, 15) is 0 Å². The fraction of sp³-hybridized carbons (Fsp3) is 0.417. The summed E-state index contributed by atoms with van der Waals surface area (Å²) in [6.07, 6.45) is 2.78. The zero-order valence-corrected chi connectivity index (χ0v) is 11.1. The predicted molar refractivity (Wildman–Crippen MR) is 71.1 cm³/mol. The van der Waals surface area contributed by atoms with Crippen LogP contribution in [0.15, 0.2) is 11.6 Å². The van der Waals surface area contributed by atoms with E-state index in [1.54, 1.807) is 11.3 Å². The Kier molecular flexibility index (Phi) is 2.97. The van der Waals surface area contributed by atoms with Gasteiger partial charge in [0.15, 0.2) is 0 Å². The van der Waals surface area contributed by atoms with E-state index in [0.29, 0.717) is 5.95 Å². The molecule has 2 aromatic heterocycles. The Labute approximate surface area is 110 Å². The summed E-state index contributed by atoms with van der Waals surface area (Å²) >= 11 is 1.72. The van der Waals surface area contributed by atoms with Gasteiger partial charge >= 0.3 is 0 Å². The molecule has 0 saturated carbocycles. The van der Waals surface area contributed by atoms with Gasteiger partial charge in [-0.15, -0.1) is 11.3 Å². The number of fused-ring (bicyclic) bond motifs is 1. The lowest BCUT2D eigenvalue weighted by Crippen LogP contribution is -2.31. The van der Waals surface area contributed by atoms with Crippen LogP contribution >= 0.6 is 11.3 Å². The van der Waals surface area contributed by atoms with E-state index in [0.717, 1.165) is 37.4 Å². The summed E-state index contributed by atoms with van der Waals surface area (Å²) in [7, 11) is 0. The molecule has 0 radical (unpaired) electrons. The first-order valence-electron chi connectivity index (χ1n) is 5.94. The number of hydrogen-bond donors (Lipinski definition) is 1. The summed E-state index contributed by atoms with van der Waals surface area (Å²) in [5.74, 6) is 0.373. The largest absolute Gasteiger partial charge is 0.368 e. The molecule has 0 aliphatic carbocycles. The molecule has 3 heterocycles. The molecule has 0 fully saturated rings. The quantitative estimate of drug-likeness (QED) is 0.884. The van der Waals surface area contributed by atoms with Crippen LogP contribution < -0.4 is 5.73 Å². The summed E-state index contributed by atoms with van der Waals surface area (Å²) in [6.45, 7) is 4.82. The Hall–Kier alpha value is -1.53. The Balaban J connectivity index is 1.73. The molecule has 2 N–H and O–H groups in total. The van der Waals surface area contributed by atoms with Crippen LogP contribution in [0.4, 0.5) is 5.95 Å². The molecule has 18 heavy (non-hydrogen) atoms. The fourth-order valence-electron chi connectivity index (χ4n) is 2.19. The molecule has 3 rings (SSSR count). The predicted octanol–water partition coefficient (Wildman–Crippen LogP) is 1.38. The molecule has 0 aromatic carbocycles. The lowest BCUT2D eigenvalue weighted by Gasteiger charge is -2.26. The second kappa shape index (κ2) is 4.62. The van der Waals surface area contributed by atoms with E-state index in [4.69, 9.17) is 5.73 Å². The topological polar surface area (TPSA) is 67.9 Å². The van der Waals surface area contributed by atoms with Gasteiger partial charge in [0.25, 0.3) is 0 Å². The van der Waals surface area contributed by atoms with Crippen molar-refractivity contribution in [1.82, 2.24) is 19.9 Å². The third kappa shape index (κ3) is 2.34. The first-order valence-corrected chi connectivity index (χ1v) is 6.82. The molecule has 0 unspecified atom stereocenters. The average molecular weight is 261 g/mol. The SMILES string of the molecule is Cc1csc(CN2CCc3nc(N)ncc3C2)n1. The van der Waals surface area contributed by atoms with Gasteiger partial charge in [-0.25, -0.2) is 15.0 Å². The van der Waals surface area contributed by atoms with Crippen molar-refractivity contribution in [3.8, 4) is 0 Å². The van der Waals surface area contributed by atoms with Crippen molar-refractivity contribution in [2.45, 2.75) is 26.4 Å². The Morgan fingerprint density at radius 3 is 3.11 bits per heavy atom. The maximum Gasteiger partial charge on any atom is 0.220 e. The van der Waals surface area contributed by atoms with Crippen molar-refractivity contribution in [3.63, 3.8) is 0 Å². The van der Waals surface area contributed by atoms with Crippen molar-refractivity contribution >= 4 is 17.3 Å². The maximum atomic E-state index is 5.60. The third-order valence-corrected chi connectivity index (χ3v) is 4.01. The van der Waals surface area contributed by atoms with E-state index in [1.165, 1.54) is 10.6 Å². The summed E-state index contributed by atoms with van der Waals surface area (Å²) in [5, 5.41) is 3.27. The van der Waals surface area contributed by atoms with E-state index >= 15 is 0 Å². The van der Waals surface area contributed by atoms with Gasteiger partial charge in [-0.1, -0.05) is 0 Å². The molecule has 6 heteroatoms. The van der Waals surface area contributed by atoms with Crippen LogP contribution in [0.5, 0.6) is 0 Å². The smallest absolute Gasteiger partial charge is 0.220 e. The number of rotatable bonds is 2. The molecule has 1 aliphatic heterocycles. The zero-order chi connectivity index (χ0) is 12.5. The Morgan fingerprint density at radius 2 is 2.33 bits per heavy atom. The molecule has 0 amide bonds. The zero-order valence-electron chi connectivity index (χ0n) is 10.3. The van der Waals surface area contributed by atoms with Crippen molar-refractivity contribution < 1.29 is 0 Å². The number of anilines is 1. The number of nitrogen functional groups attached to an aromatic ring is 1. The summed E-state index contributed by atoms with van der Waals surface area (Å²) in [6, 6.07) is 0. The summed E-state index contributed by atoms with van der Waals surface area (Å²) in [4.78, 5) is 15.2. The summed E-state index contributed by atoms with van der Waals surface area (Å²) < 4.78 is 0. The van der Waals surface area contributed by atoms with Crippen LogP contribution in [-0.2, 0) is 19.5 Å². The first kappa shape index (κ1) is 11.6. The molecule has 0 bridgehead atoms. The number of nitrogens with zero attached hydrogens (tertiary/aromatic N) is 4. The van der Waals surface area contributed by atoms with Gasteiger partial charge in [-0.3, -0.25) is 4.90 Å². The fourth-order valence-corrected chi connectivity index (χ4v) is 3.00. The van der Waals surface area contributed by atoms with E-state index in [2.05, 4.69) is 25.2 Å². The second-order valence-corrected chi connectivity index (χ2v) is 5.49. The van der Waals surface area contributed by atoms with Crippen molar-refractivity contribution in [2.75, 3.05) is 12.3 Å². The normalized spacial score (nSPS) is 15.6. The van der Waals surface area contributed by atoms with Crippen molar-refractivity contribution in [1.29, 1.82) is 0 Å². The molecule has 1 aliphatic rings. The molecule has 2 aromatic rings. The monoisotopic (exact) mass is 261 g/mol. The van der Waals surface area contributed by atoms with Crippen LogP contribution in [0.25, 0.3) is 0 Å². The standard InChI is InChI=1S/C12H15N5S/c1-8-7-18-11(15-8)6-17-3-2-10-9(5-17)4-14-12(13)16-10/h4,7H,2-3,5-6H2,1H3,(H2,13,14,16). The number of nitrogens with two attached hydrogens (primary N) is 1. The minimum absolute atomic E-state index is 0.373. The number of thiazole rings is 1. The second-order valence-electron chi connectivity index (χ2n) is 4.54. The van der Waals surface area contributed by atoms with Gasteiger partial charge in [-0.2, -0.15) is 0 Å². The first-order chi connectivity index (χ1) is 8.70. The minimum atomic E-state index is 0.373. The molecule has 94 valence electrons. The molecule has 0 spiro atoms. The maximum absolute atomic E-state index is 5.60. The third-order valence-electron chi connectivity index (χ3n) is 3.06. The van der Waals surface area contributed by atoms with Crippen LogP contribution in [0.1, 0.15) is 22.0 Å². The van der Waals surface area contributed by atoms with E-state index in [1.807, 2.05) is 13.1 Å². The van der Waals surface area contributed by atoms with Gasteiger partial charge in [0, 0.05) is 42.3 Å². The van der Waals surface area contributed by atoms with Gasteiger partial charge in [0.05, 0.1) is 12.2 Å². The number of aryl methyl sites for hydroxylation is 1. The lowest BCUT2D eigenvalue weighted by molar-refractivity contribution is 0.242. The highest BCUT2D eigenvalue weighted by Crippen LogP contribution is 2.20. The molecule has 0 atom stereocenters. The highest BCUT2D eigenvalue weighted by atomic mass is 32.1. The van der Waals surface area contributed by atoms with Crippen molar-refractivity contribution in [3.05, 3.63) is 33.5 Å². The highest BCUT2D eigenvalue weighted by Gasteiger charge is 2.18. The molecular formula is C12H15N5S. The lowest BCUT2D eigenvalue weighted by atomic mass is 10.1. The summed E-state index contributed by atoms with van der Waals surface area (Å²) in [5.41, 5.74) is 8.97. The van der Waals surface area contributed by atoms with E-state index < -0.39 is 0 Å².